The first kappa shape index (κ1) is 16.4. The van der Waals surface area contributed by atoms with Crippen molar-refractivity contribution >= 4 is 39.0 Å². The lowest BCUT2D eigenvalue weighted by Crippen LogP contribution is -1.91. The summed E-state index contributed by atoms with van der Waals surface area (Å²) in [5.41, 5.74) is 2.95. The van der Waals surface area contributed by atoms with E-state index < -0.39 is 0 Å². The Morgan fingerprint density at radius 2 is 1.93 bits per heavy atom. The zero-order valence-electron chi connectivity index (χ0n) is 14.6. The third-order valence-electron chi connectivity index (χ3n) is 4.36. The number of hydrogen-bond donors (Lipinski definition) is 0. The molecule has 5 aromatic rings. The van der Waals surface area contributed by atoms with Crippen molar-refractivity contribution in [1.29, 1.82) is 0 Å². The highest BCUT2D eigenvalue weighted by Gasteiger charge is 2.16. The zero-order chi connectivity index (χ0) is 18.4. The van der Waals surface area contributed by atoms with Crippen molar-refractivity contribution in [2.45, 2.75) is 24.8 Å². The van der Waals surface area contributed by atoms with Gasteiger partial charge in [0.25, 0.3) is 0 Å². The molecule has 0 atom stereocenters. The SMILES string of the molecule is Cc1sc2ncn3c(SCc4nnc(-c5ccccc5)o4)nnc3c2c1C. The summed E-state index contributed by atoms with van der Waals surface area (Å²) in [6, 6.07) is 9.72. The summed E-state index contributed by atoms with van der Waals surface area (Å²) in [5, 5.41) is 18.8. The second-order valence-corrected chi connectivity index (χ2v) is 8.19. The van der Waals surface area contributed by atoms with Gasteiger partial charge in [0.15, 0.2) is 10.8 Å². The minimum absolute atomic E-state index is 0.514. The average molecular weight is 394 g/mol. The molecule has 0 aliphatic carbocycles. The maximum absolute atomic E-state index is 5.76. The number of nitrogens with zero attached hydrogens (tertiary/aromatic N) is 6. The van der Waals surface area contributed by atoms with Crippen LogP contribution in [0.1, 0.15) is 16.3 Å². The first-order valence-corrected chi connectivity index (χ1v) is 10.1. The standard InChI is InChI=1S/C18H14N6OS2/c1-10-11(2)27-17-14(10)15-21-23-18(24(15)9-19-17)26-8-13-20-22-16(25-13)12-6-4-3-5-7-12/h3-7,9H,8H2,1-2H3. The highest BCUT2D eigenvalue weighted by Crippen LogP contribution is 2.32. The van der Waals surface area contributed by atoms with E-state index in [-0.39, 0.29) is 0 Å². The van der Waals surface area contributed by atoms with E-state index >= 15 is 0 Å². The number of hydrogen-bond acceptors (Lipinski definition) is 8. The second-order valence-electron chi connectivity index (χ2n) is 6.04. The second kappa shape index (κ2) is 6.43. The third kappa shape index (κ3) is 2.79. The Bertz CT molecular complexity index is 1260. The van der Waals surface area contributed by atoms with Crippen LogP contribution >= 0.6 is 23.1 Å². The van der Waals surface area contributed by atoms with Crippen LogP contribution in [0.25, 0.3) is 27.3 Å². The summed E-state index contributed by atoms with van der Waals surface area (Å²) < 4.78 is 7.68. The molecule has 0 saturated heterocycles. The summed E-state index contributed by atoms with van der Waals surface area (Å²) in [4.78, 5) is 6.80. The fourth-order valence-electron chi connectivity index (χ4n) is 2.86. The molecule has 4 heterocycles. The smallest absolute Gasteiger partial charge is 0.247 e. The summed E-state index contributed by atoms with van der Waals surface area (Å²) in [7, 11) is 0. The quantitative estimate of drug-likeness (QED) is 0.420. The number of aromatic nitrogens is 6. The molecule has 0 amide bonds. The maximum atomic E-state index is 5.76. The lowest BCUT2D eigenvalue weighted by Gasteiger charge is -1.99. The molecule has 0 N–H and O–H groups in total. The molecule has 4 aromatic heterocycles. The van der Waals surface area contributed by atoms with Gasteiger partial charge in [0, 0.05) is 10.4 Å². The molecule has 0 aliphatic heterocycles. The molecule has 0 radical (unpaired) electrons. The van der Waals surface area contributed by atoms with Crippen LogP contribution in [-0.2, 0) is 5.75 Å². The van der Waals surface area contributed by atoms with Crippen molar-refractivity contribution in [3.05, 3.63) is 53.0 Å². The predicted molar refractivity (Wildman–Crippen MR) is 105 cm³/mol. The minimum atomic E-state index is 0.514. The highest BCUT2D eigenvalue weighted by atomic mass is 32.2. The van der Waals surface area contributed by atoms with Gasteiger partial charge in [-0.1, -0.05) is 30.0 Å². The molecule has 0 spiro atoms. The van der Waals surface area contributed by atoms with E-state index in [0.29, 0.717) is 17.5 Å². The molecule has 0 aliphatic rings. The van der Waals surface area contributed by atoms with Gasteiger partial charge in [-0.3, -0.25) is 4.40 Å². The molecule has 1 aromatic carbocycles. The van der Waals surface area contributed by atoms with Crippen LogP contribution in [0, 0.1) is 13.8 Å². The molecule has 0 bridgehead atoms. The van der Waals surface area contributed by atoms with Gasteiger partial charge in [-0.05, 0) is 31.5 Å². The van der Waals surface area contributed by atoms with E-state index in [4.69, 9.17) is 4.42 Å². The normalized spacial score (nSPS) is 11.6. The fourth-order valence-corrected chi connectivity index (χ4v) is 4.59. The van der Waals surface area contributed by atoms with Gasteiger partial charge in [0.2, 0.25) is 11.8 Å². The van der Waals surface area contributed by atoms with E-state index in [1.54, 1.807) is 17.7 Å². The van der Waals surface area contributed by atoms with Gasteiger partial charge in [-0.25, -0.2) is 4.98 Å². The van der Waals surface area contributed by atoms with Gasteiger partial charge >= 0.3 is 0 Å². The molecule has 9 heteroatoms. The molecule has 0 fully saturated rings. The molecule has 0 saturated carbocycles. The Labute approximate surface area is 162 Å². The monoisotopic (exact) mass is 394 g/mol. The fraction of sp³-hybridized carbons (Fsp3) is 0.167. The maximum Gasteiger partial charge on any atom is 0.247 e. The van der Waals surface area contributed by atoms with Gasteiger partial charge in [-0.2, -0.15) is 0 Å². The van der Waals surface area contributed by atoms with Crippen molar-refractivity contribution in [2.75, 3.05) is 0 Å². The Kier molecular flexibility index (Phi) is 3.91. The number of fused-ring (bicyclic) bond motifs is 3. The number of aryl methyl sites for hydroxylation is 2. The molecular formula is C18H14N6OS2. The topological polar surface area (TPSA) is 82.0 Å². The Morgan fingerprint density at radius 3 is 2.78 bits per heavy atom. The van der Waals surface area contributed by atoms with Gasteiger partial charge in [0.1, 0.15) is 11.2 Å². The van der Waals surface area contributed by atoms with Crippen LogP contribution in [0.2, 0.25) is 0 Å². The van der Waals surface area contributed by atoms with Crippen LogP contribution in [-0.4, -0.2) is 29.8 Å². The largest absolute Gasteiger partial charge is 0.420 e. The van der Waals surface area contributed by atoms with Crippen LogP contribution in [0.15, 0.2) is 46.2 Å². The lowest BCUT2D eigenvalue weighted by atomic mass is 10.2. The van der Waals surface area contributed by atoms with Gasteiger partial charge in [0.05, 0.1) is 11.1 Å². The highest BCUT2D eigenvalue weighted by molar-refractivity contribution is 7.98. The minimum Gasteiger partial charge on any atom is -0.420 e. The van der Waals surface area contributed by atoms with Crippen LogP contribution in [0.5, 0.6) is 0 Å². The van der Waals surface area contributed by atoms with Gasteiger partial charge in [-0.15, -0.1) is 31.7 Å². The third-order valence-corrected chi connectivity index (χ3v) is 6.40. The van der Waals surface area contributed by atoms with E-state index in [1.807, 2.05) is 34.7 Å². The van der Waals surface area contributed by atoms with E-state index in [0.717, 1.165) is 26.6 Å². The molecule has 5 rings (SSSR count). The number of thioether (sulfide) groups is 1. The molecule has 7 nitrogen and oxygen atoms in total. The van der Waals surface area contributed by atoms with Gasteiger partial charge < -0.3 is 4.42 Å². The molecule has 0 unspecified atom stereocenters. The first-order chi connectivity index (χ1) is 13.2. The van der Waals surface area contributed by atoms with Crippen molar-refractivity contribution in [3.63, 3.8) is 0 Å². The summed E-state index contributed by atoms with van der Waals surface area (Å²) in [6.07, 6.45) is 1.78. The van der Waals surface area contributed by atoms with E-state index in [2.05, 4.69) is 39.2 Å². The van der Waals surface area contributed by atoms with Crippen LogP contribution in [0.4, 0.5) is 0 Å². The number of thiophene rings is 1. The Hall–Kier alpha value is -2.78. The number of benzene rings is 1. The summed E-state index contributed by atoms with van der Waals surface area (Å²) >= 11 is 3.18. The van der Waals surface area contributed by atoms with Crippen molar-refractivity contribution in [2.24, 2.45) is 0 Å². The Morgan fingerprint density at radius 1 is 1.07 bits per heavy atom. The summed E-state index contributed by atoms with van der Waals surface area (Å²) in [5.74, 6) is 1.58. The molecule has 134 valence electrons. The zero-order valence-corrected chi connectivity index (χ0v) is 16.2. The Balaban J connectivity index is 1.42. The van der Waals surface area contributed by atoms with Crippen LogP contribution in [0.3, 0.4) is 0 Å². The van der Waals surface area contributed by atoms with Crippen molar-refractivity contribution in [3.8, 4) is 11.5 Å². The van der Waals surface area contributed by atoms with E-state index in [9.17, 15) is 0 Å². The van der Waals surface area contributed by atoms with Crippen molar-refractivity contribution in [1.82, 2.24) is 29.8 Å². The van der Waals surface area contributed by atoms with Crippen molar-refractivity contribution < 1.29 is 4.42 Å². The molecule has 27 heavy (non-hydrogen) atoms. The molecular weight excluding hydrogens is 380 g/mol. The lowest BCUT2D eigenvalue weighted by molar-refractivity contribution is 0.528. The first-order valence-electron chi connectivity index (χ1n) is 8.31. The number of rotatable bonds is 4. The predicted octanol–water partition coefficient (Wildman–Crippen LogP) is 4.30. The average Bonchev–Trinajstić information content (AvgIpc) is 3.39. The van der Waals surface area contributed by atoms with Crippen LogP contribution < -0.4 is 0 Å². The van der Waals surface area contributed by atoms with E-state index in [1.165, 1.54) is 22.2 Å². The summed E-state index contributed by atoms with van der Waals surface area (Å²) in [6.45, 7) is 4.20.